The zero-order valence-electron chi connectivity index (χ0n) is 14.0. The van der Waals surface area contributed by atoms with Gasteiger partial charge in [-0.25, -0.2) is 0 Å². The zero-order chi connectivity index (χ0) is 19.6. The normalized spacial score (nSPS) is 46.8. The third-order valence-corrected chi connectivity index (χ3v) is 4.38. The van der Waals surface area contributed by atoms with Gasteiger partial charge in [-0.15, -0.1) is 0 Å². The lowest BCUT2D eigenvalue weighted by atomic mass is 9.95. The molecule has 0 spiro atoms. The Hall–Kier alpha value is -0.930. The predicted octanol–water partition coefficient (Wildman–Crippen LogP) is -5.25. The summed E-state index contributed by atoms with van der Waals surface area (Å²) < 4.78 is 15.7. The average molecular weight is 383 g/mol. The van der Waals surface area contributed by atoms with Crippen LogP contribution in [0.3, 0.4) is 0 Å². The summed E-state index contributed by atoms with van der Waals surface area (Å²) in [5.41, 5.74) is 0. The van der Waals surface area contributed by atoms with Gasteiger partial charge in [0.05, 0.1) is 13.2 Å². The summed E-state index contributed by atoms with van der Waals surface area (Å²) in [7, 11) is 0. The Kier molecular flexibility index (Phi) is 7.27. The van der Waals surface area contributed by atoms with Crippen LogP contribution >= 0.6 is 0 Å². The molecule has 0 aromatic rings. The summed E-state index contributed by atoms with van der Waals surface area (Å²) in [6, 6.07) is -1.29. The topological polar surface area (TPSA) is 198 Å². The molecule has 2 saturated heterocycles. The summed E-state index contributed by atoms with van der Waals surface area (Å²) in [4.78, 5) is 11.2. The molecule has 26 heavy (non-hydrogen) atoms. The van der Waals surface area contributed by atoms with E-state index in [0.29, 0.717) is 0 Å². The Morgan fingerprint density at radius 3 is 2.08 bits per heavy atom. The highest BCUT2D eigenvalue weighted by Crippen LogP contribution is 2.28. The summed E-state index contributed by atoms with van der Waals surface area (Å²) in [5.74, 6) is -0.564. The lowest BCUT2D eigenvalue weighted by molar-refractivity contribution is -0.345. The minimum absolute atomic E-state index is 0.564. The highest BCUT2D eigenvalue weighted by Gasteiger charge is 2.50. The fourth-order valence-electron chi connectivity index (χ4n) is 2.98. The maximum Gasteiger partial charge on any atom is 0.217 e. The quantitative estimate of drug-likeness (QED) is 0.226. The smallest absolute Gasteiger partial charge is 0.217 e. The molecule has 12 nitrogen and oxygen atoms in total. The fraction of sp³-hybridized carbons (Fsp3) is 0.929. The van der Waals surface area contributed by atoms with Crippen molar-refractivity contribution in [1.29, 1.82) is 0 Å². The first kappa shape index (κ1) is 21.4. The third kappa shape index (κ3) is 4.31. The molecule has 0 bridgehead atoms. The number of aliphatic hydroxyl groups excluding tert-OH is 7. The molecule has 152 valence electrons. The van der Waals surface area contributed by atoms with Gasteiger partial charge in [-0.3, -0.25) is 4.79 Å². The molecule has 2 aliphatic rings. The number of nitrogens with one attached hydrogen (secondary N) is 1. The van der Waals surface area contributed by atoms with Gasteiger partial charge in [0.1, 0.15) is 48.8 Å². The standard InChI is InChI=1S/C14H25NO11/c1-4(18)15-7-9(20)12(6(3-17)24-13(7)23)26-14-11(22)10(21)8(19)5(2-16)25-14/h5-14,16-17,19-23H,2-3H2,1H3,(H,15,18)/t5-,6-,7-,8+,9+,10+,11+,12+,13-,14+/m0/s1. The predicted molar refractivity (Wildman–Crippen MR) is 80.2 cm³/mol. The average Bonchev–Trinajstić information content (AvgIpc) is 2.60. The van der Waals surface area contributed by atoms with E-state index in [1.807, 2.05) is 0 Å². The van der Waals surface area contributed by atoms with Crippen LogP contribution in [0, 0.1) is 0 Å². The van der Waals surface area contributed by atoms with Crippen LogP contribution in [0.15, 0.2) is 0 Å². The molecule has 12 heteroatoms. The van der Waals surface area contributed by atoms with Gasteiger partial charge in [0, 0.05) is 6.92 Å². The van der Waals surface area contributed by atoms with E-state index in [1.165, 1.54) is 0 Å². The van der Waals surface area contributed by atoms with Gasteiger partial charge in [0.25, 0.3) is 0 Å². The molecule has 0 aromatic heterocycles. The van der Waals surface area contributed by atoms with E-state index < -0.39 is 80.5 Å². The number of amides is 1. The Labute approximate surface area is 148 Å². The zero-order valence-corrected chi connectivity index (χ0v) is 14.0. The van der Waals surface area contributed by atoms with Crippen LogP contribution in [0.1, 0.15) is 6.92 Å². The molecular weight excluding hydrogens is 358 g/mol. The van der Waals surface area contributed by atoms with Gasteiger partial charge in [-0.05, 0) is 0 Å². The maximum absolute atomic E-state index is 11.2. The van der Waals surface area contributed by atoms with Crippen molar-refractivity contribution < 1.29 is 54.8 Å². The van der Waals surface area contributed by atoms with E-state index in [9.17, 15) is 40.5 Å². The van der Waals surface area contributed by atoms with Crippen LogP contribution < -0.4 is 5.32 Å². The lowest BCUT2D eigenvalue weighted by Crippen LogP contribution is -2.67. The van der Waals surface area contributed by atoms with Gasteiger partial charge >= 0.3 is 0 Å². The van der Waals surface area contributed by atoms with E-state index in [2.05, 4.69) is 5.32 Å². The van der Waals surface area contributed by atoms with Crippen molar-refractivity contribution in [3.05, 3.63) is 0 Å². The molecule has 2 heterocycles. The molecule has 2 aliphatic heterocycles. The molecule has 0 aromatic carbocycles. The SMILES string of the molecule is CC(=O)N[C@H]1[C@@H](O)[C@H](O[C@H]2O[C@@H](CO)[C@@H](O)[C@@H](O)[C@H]2O)[C@H](CO)O[C@@H]1O. The number of hydrogen-bond donors (Lipinski definition) is 8. The van der Waals surface area contributed by atoms with Gasteiger partial charge in [0.2, 0.25) is 5.91 Å². The highest BCUT2D eigenvalue weighted by atomic mass is 16.7. The second-order valence-electron chi connectivity index (χ2n) is 6.26. The van der Waals surface area contributed by atoms with Gasteiger partial charge in [-0.1, -0.05) is 0 Å². The van der Waals surface area contributed by atoms with E-state index in [4.69, 9.17) is 14.2 Å². The van der Waals surface area contributed by atoms with Crippen molar-refractivity contribution in [2.45, 2.75) is 68.3 Å². The molecule has 0 saturated carbocycles. The molecule has 0 unspecified atom stereocenters. The van der Waals surface area contributed by atoms with Crippen molar-refractivity contribution in [2.24, 2.45) is 0 Å². The monoisotopic (exact) mass is 383 g/mol. The van der Waals surface area contributed by atoms with Crippen LogP contribution in [0.5, 0.6) is 0 Å². The Balaban J connectivity index is 2.16. The second kappa shape index (κ2) is 8.84. The van der Waals surface area contributed by atoms with Crippen molar-refractivity contribution in [3.8, 4) is 0 Å². The summed E-state index contributed by atoms with van der Waals surface area (Å²) in [6.45, 7) is -0.195. The van der Waals surface area contributed by atoms with Crippen molar-refractivity contribution in [1.82, 2.24) is 5.32 Å². The largest absolute Gasteiger partial charge is 0.394 e. The Morgan fingerprint density at radius 2 is 1.54 bits per heavy atom. The number of rotatable bonds is 5. The summed E-state index contributed by atoms with van der Waals surface area (Å²) in [6.07, 6.45) is -13.6. The number of aliphatic hydroxyl groups is 7. The molecule has 0 radical (unpaired) electrons. The Bertz CT molecular complexity index is 478. The van der Waals surface area contributed by atoms with Gasteiger partial charge < -0.3 is 55.3 Å². The van der Waals surface area contributed by atoms with Crippen LogP contribution in [-0.2, 0) is 19.0 Å². The van der Waals surface area contributed by atoms with Gasteiger partial charge in [-0.2, -0.15) is 0 Å². The molecule has 2 rings (SSSR count). The van der Waals surface area contributed by atoms with Crippen LogP contribution in [0.4, 0.5) is 0 Å². The van der Waals surface area contributed by atoms with E-state index in [1.54, 1.807) is 0 Å². The number of carbonyl (C=O) groups excluding carboxylic acids is 1. The molecule has 0 aliphatic carbocycles. The van der Waals surface area contributed by atoms with E-state index >= 15 is 0 Å². The van der Waals surface area contributed by atoms with Crippen molar-refractivity contribution in [2.75, 3.05) is 13.2 Å². The summed E-state index contributed by atoms with van der Waals surface area (Å²) >= 11 is 0. The first-order valence-electron chi connectivity index (χ1n) is 8.06. The number of carbonyl (C=O) groups is 1. The molecule has 2 fully saturated rings. The minimum Gasteiger partial charge on any atom is -0.394 e. The highest BCUT2D eigenvalue weighted by molar-refractivity contribution is 5.73. The Morgan fingerprint density at radius 1 is 0.923 bits per heavy atom. The number of hydrogen-bond acceptors (Lipinski definition) is 11. The first-order chi connectivity index (χ1) is 12.2. The minimum atomic E-state index is -1.73. The second-order valence-corrected chi connectivity index (χ2v) is 6.26. The maximum atomic E-state index is 11.2. The van der Waals surface area contributed by atoms with Crippen LogP contribution in [-0.4, -0.2) is 116 Å². The van der Waals surface area contributed by atoms with Crippen LogP contribution in [0.25, 0.3) is 0 Å². The van der Waals surface area contributed by atoms with E-state index in [-0.39, 0.29) is 0 Å². The van der Waals surface area contributed by atoms with Crippen molar-refractivity contribution >= 4 is 5.91 Å². The first-order valence-corrected chi connectivity index (χ1v) is 8.06. The van der Waals surface area contributed by atoms with Crippen LogP contribution in [0.2, 0.25) is 0 Å². The molecule has 1 amide bonds. The van der Waals surface area contributed by atoms with Gasteiger partial charge in [0.15, 0.2) is 12.6 Å². The summed E-state index contributed by atoms with van der Waals surface area (Å²) in [5, 5.41) is 70.7. The molecule has 10 atom stereocenters. The van der Waals surface area contributed by atoms with E-state index in [0.717, 1.165) is 6.92 Å². The molecule has 8 N–H and O–H groups in total. The number of ether oxygens (including phenoxy) is 3. The third-order valence-electron chi connectivity index (χ3n) is 4.38. The van der Waals surface area contributed by atoms with Crippen molar-refractivity contribution in [3.63, 3.8) is 0 Å². The molecular formula is C14H25NO11. The lowest BCUT2D eigenvalue weighted by Gasteiger charge is -2.46. The fourth-order valence-corrected chi connectivity index (χ4v) is 2.98.